The SMILES string of the molecule is CS(=O)(=O)N1CC(OCCCN(Cc2cccc(C(F)(F)F)c2)CC(c2ccccc2)c2ccccc2)C1. The summed E-state index contributed by atoms with van der Waals surface area (Å²) >= 11 is 0. The molecule has 204 valence electrons. The monoisotopic (exact) mass is 546 g/mol. The molecule has 5 nitrogen and oxygen atoms in total. The zero-order valence-electron chi connectivity index (χ0n) is 21.3. The third-order valence-electron chi connectivity index (χ3n) is 6.76. The average molecular weight is 547 g/mol. The lowest BCUT2D eigenvalue weighted by Crippen LogP contribution is -2.54. The van der Waals surface area contributed by atoms with Crippen molar-refractivity contribution in [1.82, 2.24) is 9.21 Å². The second kappa shape index (κ2) is 12.4. The first kappa shape index (κ1) is 28.3. The Balaban J connectivity index is 1.47. The van der Waals surface area contributed by atoms with Gasteiger partial charge in [-0.15, -0.1) is 0 Å². The van der Waals surface area contributed by atoms with E-state index < -0.39 is 21.8 Å². The van der Waals surface area contributed by atoms with Gasteiger partial charge in [0.25, 0.3) is 0 Å². The molecule has 1 aliphatic rings. The van der Waals surface area contributed by atoms with Crippen molar-refractivity contribution < 1.29 is 26.3 Å². The van der Waals surface area contributed by atoms with Crippen LogP contribution in [0.4, 0.5) is 13.2 Å². The number of sulfonamides is 1. The molecule has 0 unspecified atom stereocenters. The summed E-state index contributed by atoms with van der Waals surface area (Å²) < 4.78 is 70.4. The van der Waals surface area contributed by atoms with Crippen molar-refractivity contribution >= 4 is 10.0 Å². The summed E-state index contributed by atoms with van der Waals surface area (Å²) in [5.74, 6) is 0.0408. The van der Waals surface area contributed by atoms with Crippen LogP contribution in [0.2, 0.25) is 0 Å². The van der Waals surface area contributed by atoms with Gasteiger partial charge in [-0.25, -0.2) is 8.42 Å². The van der Waals surface area contributed by atoms with Gasteiger partial charge in [-0.1, -0.05) is 78.9 Å². The summed E-state index contributed by atoms with van der Waals surface area (Å²) in [5, 5.41) is 0. The molecule has 0 N–H and O–H groups in total. The first-order valence-corrected chi connectivity index (χ1v) is 14.5. The maximum absolute atomic E-state index is 13.4. The normalized spacial score (nSPS) is 15.2. The number of hydrogen-bond donors (Lipinski definition) is 0. The predicted molar refractivity (Wildman–Crippen MR) is 142 cm³/mol. The van der Waals surface area contributed by atoms with Crippen LogP contribution in [0.25, 0.3) is 0 Å². The van der Waals surface area contributed by atoms with Gasteiger partial charge in [0.15, 0.2) is 0 Å². The molecular weight excluding hydrogens is 513 g/mol. The van der Waals surface area contributed by atoms with E-state index in [2.05, 4.69) is 29.2 Å². The first-order valence-electron chi connectivity index (χ1n) is 12.6. The van der Waals surface area contributed by atoms with Gasteiger partial charge in [0.05, 0.1) is 17.9 Å². The highest BCUT2D eigenvalue weighted by molar-refractivity contribution is 7.88. The van der Waals surface area contributed by atoms with E-state index in [0.717, 1.165) is 17.2 Å². The fourth-order valence-electron chi connectivity index (χ4n) is 4.69. The van der Waals surface area contributed by atoms with Crippen LogP contribution in [-0.2, 0) is 27.5 Å². The summed E-state index contributed by atoms with van der Waals surface area (Å²) in [4.78, 5) is 2.17. The molecule has 0 aromatic heterocycles. The highest BCUT2D eigenvalue weighted by Crippen LogP contribution is 2.31. The maximum Gasteiger partial charge on any atom is 0.416 e. The lowest BCUT2D eigenvalue weighted by Gasteiger charge is -2.37. The van der Waals surface area contributed by atoms with Crippen LogP contribution in [0.5, 0.6) is 0 Å². The second-order valence-electron chi connectivity index (χ2n) is 9.73. The molecule has 0 amide bonds. The summed E-state index contributed by atoms with van der Waals surface area (Å²) in [6, 6.07) is 25.7. The number of nitrogens with zero attached hydrogens (tertiary/aromatic N) is 2. The number of halogens is 3. The second-order valence-corrected chi connectivity index (χ2v) is 11.7. The van der Waals surface area contributed by atoms with E-state index in [1.165, 1.54) is 22.7 Å². The molecule has 38 heavy (non-hydrogen) atoms. The van der Waals surface area contributed by atoms with Crippen molar-refractivity contribution in [3.05, 3.63) is 107 Å². The Morgan fingerprint density at radius 3 is 2.11 bits per heavy atom. The van der Waals surface area contributed by atoms with Crippen molar-refractivity contribution in [2.45, 2.75) is 31.2 Å². The number of rotatable bonds is 12. The fraction of sp³-hybridized carbons (Fsp3) is 0.379. The van der Waals surface area contributed by atoms with Crippen LogP contribution in [0, 0.1) is 0 Å². The standard InChI is InChI=1S/C29H33F3N2O3S/c1-38(35,36)34-20-27(21-34)37-17-9-16-33(19-23-10-8-15-26(18-23)29(30,31)32)22-28(24-11-4-2-5-12-24)25-13-6-3-7-14-25/h2-8,10-15,18,27-28H,9,16-17,19-22H2,1H3. The fourth-order valence-corrected chi connectivity index (χ4v) is 5.56. The van der Waals surface area contributed by atoms with Gasteiger partial charge < -0.3 is 4.74 Å². The Labute approximate surface area is 222 Å². The largest absolute Gasteiger partial charge is 0.416 e. The molecule has 1 fully saturated rings. The quantitative estimate of drug-likeness (QED) is 0.286. The average Bonchev–Trinajstić information content (AvgIpc) is 2.85. The van der Waals surface area contributed by atoms with Crippen molar-refractivity contribution in [2.75, 3.05) is 39.0 Å². The van der Waals surface area contributed by atoms with Gasteiger partial charge in [-0.3, -0.25) is 4.90 Å². The van der Waals surface area contributed by atoms with Crippen molar-refractivity contribution in [3.63, 3.8) is 0 Å². The lowest BCUT2D eigenvalue weighted by atomic mass is 9.90. The van der Waals surface area contributed by atoms with E-state index >= 15 is 0 Å². The molecule has 0 saturated carbocycles. The van der Waals surface area contributed by atoms with E-state index in [9.17, 15) is 21.6 Å². The van der Waals surface area contributed by atoms with E-state index in [-0.39, 0.29) is 12.0 Å². The van der Waals surface area contributed by atoms with Crippen LogP contribution in [0.1, 0.15) is 34.6 Å². The summed E-state index contributed by atoms with van der Waals surface area (Å²) in [7, 11) is -3.19. The Morgan fingerprint density at radius 2 is 1.55 bits per heavy atom. The van der Waals surface area contributed by atoms with Gasteiger partial charge in [-0.05, 0) is 29.2 Å². The van der Waals surface area contributed by atoms with Crippen LogP contribution in [0.3, 0.4) is 0 Å². The van der Waals surface area contributed by atoms with E-state index in [1.807, 2.05) is 36.4 Å². The molecule has 1 heterocycles. The Morgan fingerprint density at radius 1 is 0.947 bits per heavy atom. The molecule has 9 heteroatoms. The van der Waals surface area contributed by atoms with Gasteiger partial charge >= 0.3 is 6.18 Å². The van der Waals surface area contributed by atoms with Gasteiger partial charge in [-0.2, -0.15) is 17.5 Å². The third-order valence-corrected chi connectivity index (χ3v) is 8.00. The molecular formula is C29H33F3N2O3S. The number of hydrogen-bond acceptors (Lipinski definition) is 4. The van der Waals surface area contributed by atoms with Gasteiger partial charge in [0, 0.05) is 45.2 Å². The summed E-state index contributed by atoms with van der Waals surface area (Å²) in [6.45, 7) is 2.77. The lowest BCUT2D eigenvalue weighted by molar-refractivity contribution is -0.137. The molecule has 3 aromatic carbocycles. The Hall–Kier alpha value is -2.72. The third kappa shape index (κ3) is 7.89. The topological polar surface area (TPSA) is 49.9 Å². The van der Waals surface area contributed by atoms with Crippen LogP contribution >= 0.6 is 0 Å². The molecule has 3 aromatic rings. The molecule has 4 rings (SSSR count). The van der Waals surface area contributed by atoms with Crippen LogP contribution in [0.15, 0.2) is 84.9 Å². The smallest absolute Gasteiger partial charge is 0.375 e. The van der Waals surface area contributed by atoms with Gasteiger partial charge in [0.1, 0.15) is 0 Å². The summed E-state index contributed by atoms with van der Waals surface area (Å²) in [5.41, 5.74) is 2.23. The Bertz CT molecular complexity index is 1230. The van der Waals surface area contributed by atoms with E-state index in [1.54, 1.807) is 6.07 Å². The minimum atomic E-state index is -4.39. The molecule has 0 atom stereocenters. The molecule has 0 bridgehead atoms. The highest BCUT2D eigenvalue weighted by atomic mass is 32.2. The summed E-state index contributed by atoms with van der Waals surface area (Å²) in [6.07, 6.45) is -2.66. The van der Waals surface area contributed by atoms with Gasteiger partial charge in [0.2, 0.25) is 10.0 Å². The number of benzene rings is 3. The van der Waals surface area contributed by atoms with E-state index in [0.29, 0.717) is 51.3 Å². The highest BCUT2D eigenvalue weighted by Gasteiger charge is 2.34. The van der Waals surface area contributed by atoms with Crippen LogP contribution in [-0.4, -0.2) is 62.8 Å². The minimum Gasteiger partial charge on any atom is -0.375 e. The van der Waals surface area contributed by atoms with Crippen molar-refractivity contribution in [2.24, 2.45) is 0 Å². The molecule has 0 radical (unpaired) electrons. The van der Waals surface area contributed by atoms with Crippen LogP contribution < -0.4 is 0 Å². The minimum absolute atomic E-state index is 0.0408. The predicted octanol–water partition coefficient (Wildman–Crippen LogP) is 5.39. The maximum atomic E-state index is 13.4. The molecule has 0 spiro atoms. The number of ether oxygens (including phenoxy) is 1. The zero-order chi connectivity index (χ0) is 27.2. The van der Waals surface area contributed by atoms with Crippen molar-refractivity contribution in [3.8, 4) is 0 Å². The van der Waals surface area contributed by atoms with E-state index in [4.69, 9.17) is 4.74 Å². The molecule has 0 aliphatic carbocycles. The zero-order valence-corrected chi connectivity index (χ0v) is 22.2. The Kier molecular flexibility index (Phi) is 9.25. The van der Waals surface area contributed by atoms with Crippen molar-refractivity contribution in [1.29, 1.82) is 0 Å². The number of alkyl halides is 3. The molecule has 1 saturated heterocycles. The molecule has 1 aliphatic heterocycles. The first-order chi connectivity index (χ1) is 18.1.